The van der Waals surface area contributed by atoms with Gasteiger partial charge in [-0.3, -0.25) is 0 Å². The molecule has 0 N–H and O–H groups in total. The first kappa shape index (κ1) is 11.9. The summed E-state index contributed by atoms with van der Waals surface area (Å²) in [6, 6.07) is 0. The summed E-state index contributed by atoms with van der Waals surface area (Å²) in [5.41, 5.74) is 0.812. The number of hydrogen-bond donors (Lipinski definition) is 0. The first-order valence-electron chi connectivity index (χ1n) is 4.55. The molecule has 0 saturated heterocycles. The van der Waals surface area contributed by atoms with E-state index < -0.39 is 0 Å². The molecule has 15 heavy (non-hydrogen) atoms. The average molecular weight is 225 g/mol. The minimum atomic E-state index is 0.593. The highest BCUT2D eigenvalue weighted by Gasteiger charge is 2.09. The molecule has 0 aromatic carbocycles. The zero-order valence-corrected chi connectivity index (χ0v) is 10.1. The van der Waals surface area contributed by atoms with Crippen molar-refractivity contribution in [2.24, 2.45) is 0 Å². The largest absolute Gasteiger partial charge is 0.495 e. The minimum Gasteiger partial charge on any atom is -0.495 e. The summed E-state index contributed by atoms with van der Waals surface area (Å²) in [5.74, 6) is 0.594. The van der Waals surface area contributed by atoms with Crippen molar-refractivity contribution >= 4 is 23.2 Å². The van der Waals surface area contributed by atoms with Crippen LogP contribution < -0.4 is 0 Å². The van der Waals surface area contributed by atoms with E-state index >= 15 is 0 Å². The molecule has 1 aromatic rings. The molecule has 1 heterocycles. The van der Waals surface area contributed by atoms with E-state index in [1.54, 1.807) is 25.6 Å². The van der Waals surface area contributed by atoms with Crippen LogP contribution in [-0.4, -0.2) is 25.8 Å². The third kappa shape index (κ3) is 3.18. The maximum absolute atomic E-state index is 5.08. The van der Waals surface area contributed by atoms with Crippen molar-refractivity contribution in [3.63, 3.8) is 0 Å². The van der Waals surface area contributed by atoms with Crippen molar-refractivity contribution < 1.29 is 9.47 Å². The number of nitrogens with zero attached hydrogens (tertiary/aromatic N) is 1. The Kier molecular flexibility index (Phi) is 4.52. The predicted octanol–water partition coefficient (Wildman–Crippen LogP) is 2.73. The second kappa shape index (κ2) is 5.68. The Morgan fingerprint density at radius 1 is 1.53 bits per heavy atom. The molecule has 0 radical (unpaired) electrons. The fourth-order valence-electron chi connectivity index (χ4n) is 1.10. The summed E-state index contributed by atoms with van der Waals surface area (Å²) in [4.78, 5) is 5.41. The molecule has 0 aliphatic heterocycles. The van der Waals surface area contributed by atoms with Crippen LogP contribution in [0, 0.1) is 6.92 Å². The fourth-order valence-corrected chi connectivity index (χ4v) is 1.98. The van der Waals surface area contributed by atoms with Crippen molar-refractivity contribution in [3.8, 4) is 0 Å². The number of hydrogen-bond acceptors (Lipinski definition) is 4. The zero-order chi connectivity index (χ0) is 11.3. The summed E-state index contributed by atoms with van der Waals surface area (Å²) in [6.07, 6.45) is 3.92. The van der Waals surface area contributed by atoms with Gasteiger partial charge in [0.1, 0.15) is 11.5 Å². The van der Waals surface area contributed by atoms with Crippen LogP contribution in [0.5, 0.6) is 0 Å². The Balaban J connectivity index is 2.91. The van der Waals surface area contributed by atoms with Crippen LogP contribution in [-0.2, 0) is 9.47 Å². The molecule has 1 aromatic heterocycles. The molecule has 0 aliphatic rings. The summed E-state index contributed by atoms with van der Waals surface area (Å²) in [6.45, 7) is 6.36. The van der Waals surface area contributed by atoms with Crippen molar-refractivity contribution in [2.45, 2.75) is 6.92 Å². The quantitative estimate of drug-likeness (QED) is 0.722. The number of ether oxygens (including phenoxy) is 2. The van der Waals surface area contributed by atoms with Crippen molar-refractivity contribution in [2.75, 3.05) is 20.8 Å². The van der Waals surface area contributed by atoms with Crippen molar-refractivity contribution in [1.82, 2.24) is 4.98 Å². The average Bonchev–Trinajstić information content (AvgIpc) is 2.59. The molecule has 0 amide bonds. The van der Waals surface area contributed by atoms with Gasteiger partial charge < -0.3 is 9.47 Å². The maximum atomic E-state index is 5.08. The topological polar surface area (TPSA) is 31.4 Å². The van der Waals surface area contributed by atoms with E-state index in [1.807, 2.05) is 19.1 Å². The third-order valence-electron chi connectivity index (χ3n) is 1.80. The van der Waals surface area contributed by atoms with E-state index in [2.05, 4.69) is 11.6 Å². The van der Waals surface area contributed by atoms with Crippen molar-refractivity contribution in [1.29, 1.82) is 0 Å². The lowest BCUT2D eigenvalue weighted by Crippen LogP contribution is -1.88. The third-order valence-corrected chi connectivity index (χ3v) is 2.74. The Morgan fingerprint density at radius 3 is 2.87 bits per heavy atom. The lowest BCUT2D eigenvalue weighted by molar-refractivity contribution is 0.234. The number of thiazole rings is 1. The maximum Gasteiger partial charge on any atom is 0.138 e. The van der Waals surface area contributed by atoms with E-state index in [9.17, 15) is 0 Å². The highest BCUT2D eigenvalue weighted by atomic mass is 32.1. The van der Waals surface area contributed by atoms with E-state index in [0.717, 1.165) is 15.6 Å². The van der Waals surface area contributed by atoms with Crippen LogP contribution in [0.1, 0.15) is 15.6 Å². The summed E-state index contributed by atoms with van der Waals surface area (Å²) in [5, 5.41) is 1.00. The number of aromatic nitrogens is 1. The molecule has 3 nitrogen and oxygen atoms in total. The molecule has 0 aliphatic carbocycles. The summed E-state index contributed by atoms with van der Waals surface area (Å²) >= 11 is 1.61. The number of methoxy groups -OCH3 is 2. The molecule has 82 valence electrons. The second-order valence-electron chi connectivity index (χ2n) is 2.93. The van der Waals surface area contributed by atoms with E-state index in [-0.39, 0.29) is 0 Å². The monoisotopic (exact) mass is 225 g/mol. The molecular formula is C11H15NO2S. The van der Waals surface area contributed by atoms with Crippen LogP contribution in [0.4, 0.5) is 0 Å². The predicted molar refractivity (Wildman–Crippen MR) is 63.8 cm³/mol. The van der Waals surface area contributed by atoms with E-state index in [4.69, 9.17) is 9.47 Å². The molecule has 4 heteroatoms. The second-order valence-corrected chi connectivity index (χ2v) is 4.17. The smallest absolute Gasteiger partial charge is 0.138 e. The van der Waals surface area contributed by atoms with Gasteiger partial charge >= 0.3 is 0 Å². The molecular weight excluding hydrogens is 210 g/mol. The van der Waals surface area contributed by atoms with Gasteiger partial charge in [0.05, 0.1) is 23.6 Å². The van der Waals surface area contributed by atoms with Crippen LogP contribution in [0.15, 0.2) is 12.7 Å². The molecule has 0 fully saturated rings. The lowest BCUT2D eigenvalue weighted by Gasteiger charge is -2.00. The normalized spacial score (nSPS) is 10.9. The standard InChI is InChI=1S/C11H15NO2S/c1-8(14-4)11-10(6-5-7-13-3)15-9(2)12-11/h5-6H,1,7H2,2-4H3/b6-5+. The molecule has 0 atom stereocenters. The van der Waals surface area contributed by atoms with Crippen LogP contribution in [0.2, 0.25) is 0 Å². The molecule has 0 spiro atoms. The van der Waals surface area contributed by atoms with Gasteiger partial charge in [-0.15, -0.1) is 11.3 Å². The SMILES string of the molecule is C=C(OC)c1nc(C)sc1/C=C/COC. The van der Waals surface area contributed by atoms with E-state index in [1.165, 1.54) is 0 Å². The highest BCUT2D eigenvalue weighted by Crippen LogP contribution is 2.25. The van der Waals surface area contributed by atoms with Gasteiger partial charge in [-0.05, 0) is 13.0 Å². The Bertz CT molecular complexity index is 369. The van der Waals surface area contributed by atoms with Gasteiger partial charge in [0.25, 0.3) is 0 Å². The van der Waals surface area contributed by atoms with Gasteiger partial charge in [-0.1, -0.05) is 12.7 Å². The highest BCUT2D eigenvalue weighted by molar-refractivity contribution is 7.12. The number of rotatable bonds is 5. The minimum absolute atomic E-state index is 0.593. The summed E-state index contributed by atoms with van der Waals surface area (Å²) < 4.78 is 10.0. The van der Waals surface area contributed by atoms with Crippen LogP contribution in [0.25, 0.3) is 11.8 Å². The van der Waals surface area contributed by atoms with Gasteiger partial charge in [-0.25, -0.2) is 4.98 Å². The Labute approximate surface area is 94.1 Å². The van der Waals surface area contributed by atoms with Crippen LogP contribution >= 0.6 is 11.3 Å². The first-order chi connectivity index (χ1) is 7.19. The lowest BCUT2D eigenvalue weighted by atomic mass is 10.3. The van der Waals surface area contributed by atoms with Crippen molar-refractivity contribution in [3.05, 3.63) is 28.2 Å². The van der Waals surface area contributed by atoms with Crippen LogP contribution in [0.3, 0.4) is 0 Å². The van der Waals surface area contributed by atoms with Gasteiger partial charge in [0.2, 0.25) is 0 Å². The van der Waals surface area contributed by atoms with Gasteiger partial charge in [0.15, 0.2) is 0 Å². The Morgan fingerprint density at radius 2 is 2.27 bits per heavy atom. The van der Waals surface area contributed by atoms with Gasteiger partial charge in [0, 0.05) is 7.11 Å². The fraction of sp³-hybridized carbons (Fsp3) is 0.364. The summed E-state index contributed by atoms with van der Waals surface area (Å²) in [7, 11) is 3.26. The molecule has 1 rings (SSSR count). The molecule has 0 unspecified atom stereocenters. The Hall–Kier alpha value is -1.13. The zero-order valence-electron chi connectivity index (χ0n) is 9.24. The molecule has 0 saturated carbocycles. The number of aryl methyl sites for hydroxylation is 1. The first-order valence-corrected chi connectivity index (χ1v) is 5.37. The van der Waals surface area contributed by atoms with E-state index in [0.29, 0.717) is 12.4 Å². The molecule has 0 bridgehead atoms. The van der Waals surface area contributed by atoms with Gasteiger partial charge in [-0.2, -0.15) is 0 Å².